The second kappa shape index (κ2) is 6.16. The number of rotatable bonds is 2. The Morgan fingerprint density at radius 2 is 2.00 bits per heavy atom. The van der Waals surface area contributed by atoms with Crippen LogP contribution < -0.4 is 15.6 Å². The fourth-order valence-electron chi connectivity index (χ4n) is 4.01. The molecule has 1 N–H and O–H groups in total. The molecule has 3 aromatic rings. The second-order valence-electron chi connectivity index (χ2n) is 7.34. The molecule has 0 unspecified atom stereocenters. The van der Waals surface area contributed by atoms with E-state index in [0.717, 1.165) is 10.5 Å². The predicted molar refractivity (Wildman–Crippen MR) is 104 cm³/mol. The minimum atomic E-state index is -1.14. The molecule has 1 fully saturated rings. The first kappa shape index (κ1) is 17.4. The van der Waals surface area contributed by atoms with Crippen molar-refractivity contribution in [3.05, 3.63) is 75.8 Å². The van der Waals surface area contributed by atoms with Gasteiger partial charge in [0.05, 0.1) is 18.8 Å². The summed E-state index contributed by atoms with van der Waals surface area (Å²) < 4.78 is 7.07. The van der Waals surface area contributed by atoms with Crippen LogP contribution in [0.5, 0.6) is 5.75 Å². The highest BCUT2D eigenvalue weighted by Gasteiger charge is 2.54. The van der Waals surface area contributed by atoms with Crippen LogP contribution in [0.15, 0.2) is 53.5 Å². The van der Waals surface area contributed by atoms with Gasteiger partial charge in [0.15, 0.2) is 5.54 Å². The number of carbonyl (C=O) groups is 2. The number of benzene rings is 1. The predicted octanol–water partition coefficient (Wildman–Crippen LogP) is 1.73. The molecule has 29 heavy (non-hydrogen) atoms. The van der Waals surface area contributed by atoms with Crippen molar-refractivity contribution in [3.63, 3.8) is 0 Å². The molecule has 0 radical (unpaired) electrons. The van der Waals surface area contributed by atoms with Crippen LogP contribution in [0.1, 0.15) is 23.2 Å². The Bertz CT molecular complexity index is 1230. The molecule has 0 bridgehead atoms. The molecule has 2 aliphatic rings. The van der Waals surface area contributed by atoms with Gasteiger partial charge in [-0.05, 0) is 30.7 Å². The second-order valence-corrected chi connectivity index (χ2v) is 7.34. The zero-order chi connectivity index (χ0) is 20.2. The third kappa shape index (κ3) is 2.60. The van der Waals surface area contributed by atoms with Gasteiger partial charge < -0.3 is 10.1 Å². The number of hydrogen-bond donors (Lipinski definition) is 1. The van der Waals surface area contributed by atoms with Gasteiger partial charge in [0.1, 0.15) is 11.4 Å². The zero-order valence-electron chi connectivity index (χ0n) is 15.7. The summed E-state index contributed by atoms with van der Waals surface area (Å²) in [5, 5.41) is 2.85. The quantitative estimate of drug-likeness (QED) is 0.673. The van der Waals surface area contributed by atoms with Crippen LogP contribution in [-0.2, 0) is 16.9 Å². The van der Waals surface area contributed by atoms with Crippen molar-refractivity contribution in [2.75, 3.05) is 6.61 Å². The molecule has 1 saturated heterocycles. The number of pyridine rings is 1. The van der Waals surface area contributed by atoms with Crippen molar-refractivity contribution in [2.24, 2.45) is 0 Å². The molecule has 5 rings (SSSR count). The molecular formula is C21H18N4O4. The van der Waals surface area contributed by atoms with Crippen LogP contribution in [-0.4, -0.2) is 32.8 Å². The van der Waals surface area contributed by atoms with Crippen molar-refractivity contribution in [1.29, 1.82) is 0 Å². The van der Waals surface area contributed by atoms with Crippen molar-refractivity contribution >= 4 is 17.6 Å². The number of urea groups is 1. The molecule has 1 atom stereocenters. The third-order valence-electron chi connectivity index (χ3n) is 5.45. The van der Waals surface area contributed by atoms with E-state index in [1.54, 1.807) is 24.4 Å². The van der Waals surface area contributed by atoms with Crippen LogP contribution in [0.25, 0.3) is 5.65 Å². The van der Waals surface area contributed by atoms with Crippen molar-refractivity contribution in [2.45, 2.75) is 25.4 Å². The van der Waals surface area contributed by atoms with Gasteiger partial charge in [-0.3, -0.25) is 18.9 Å². The number of para-hydroxylation sites is 1. The van der Waals surface area contributed by atoms with Gasteiger partial charge in [-0.25, -0.2) is 9.78 Å². The van der Waals surface area contributed by atoms with Crippen LogP contribution >= 0.6 is 0 Å². The molecule has 2 aliphatic heterocycles. The molecule has 8 heteroatoms. The molecule has 0 aliphatic carbocycles. The summed E-state index contributed by atoms with van der Waals surface area (Å²) in [5.41, 5.74) is 1.04. The van der Waals surface area contributed by atoms with E-state index in [1.807, 2.05) is 25.1 Å². The first-order valence-corrected chi connectivity index (χ1v) is 9.33. The number of carbonyl (C=O) groups excluding carboxylic acids is 2. The van der Waals surface area contributed by atoms with E-state index in [1.165, 1.54) is 10.5 Å². The molecular weight excluding hydrogens is 372 g/mol. The van der Waals surface area contributed by atoms with E-state index in [2.05, 4.69) is 10.3 Å². The average Bonchev–Trinajstić information content (AvgIpc) is 2.93. The summed E-state index contributed by atoms with van der Waals surface area (Å²) in [7, 11) is 0. The van der Waals surface area contributed by atoms with Gasteiger partial charge in [-0.1, -0.05) is 18.2 Å². The van der Waals surface area contributed by atoms with Crippen molar-refractivity contribution < 1.29 is 14.3 Å². The molecule has 8 nitrogen and oxygen atoms in total. The van der Waals surface area contributed by atoms with E-state index < -0.39 is 11.6 Å². The van der Waals surface area contributed by atoms with Gasteiger partial charge in [0.2, 0.25) is 0 Å². The number of nitrogens with one attached hydrogen (secondary N) is 1. The third-order valence-corrected chi connectivity index (χ3v) is 5.45. The summed E-state index contributed by atoms with van der Waals surface area (Å²) in [5.74, 6) is 0.233. The lowest BCUT2D eigenvalue weighted by atomic mass is 9.84. The normalized spacial score (nSPS) is 20.7. The highest BCUT2D eigenvalue weighted by Crippen LogP contribution is 2.41. The monoisotopic (exact) mass is 390 g/mol. The Balaban J connectivity index is 1.53. The number of nitrogens with zero attached hydrogens (tertiary/aromatic N) is 3. The molecule has 1 aromatic carbocycles. The van der Waals surface area contributed by atoms with Crippen LogP contribution in [0.2, 0.25) is 0 Å². The summed E-state index contributed by atoms with van der Waals surface area (Å²) >= 11 is 0. The lowest BCUT2D eigenvalue weighted by Crippen LogP contribution is -2.47. The highest BCUT2D eigenvalue weighted by molar-refractivity contribution is 6.07. The number of amides is 3. The standard InChI is InChI=1S/C21H18N4O4/c1-13-6-8-24-17(10-13)22-14(11-18(24)26)12-25-19(27)21(23-20(25)28)7-9-29-16-5-3-2-4-15(16)21/h2-6,8,10-11H,7,9,12H2,1H3,(H,23,28)/t21-/m0/s1. The molecule has 4 heterocycles. The lowest BCUT2D eigenvalue weighted by molar-refractivity contribution is -0.133. The lowest BCUT2D eigenvalue weighted by Gasteiger charge is -2.33. The molecule has 3 amide bonds. The van der Waals surface area contributed by atoms with Crippen molar-refractivity contribution in [3.8, 4) is 5.75 Å². The van der Waals surface area contributed by atoms with Gasteiger partial charge in [0, 0.05) is 24.2 Å². The summed E-state index contributed by atoms with van der Waals surface area (Å²) in [6.07, 6.45) is 2.00. The Morgan fingerprint density at radius 3 is 2.86 bits per heavy atom. The summed E-state index contributed by atoms with van der Waals surface area (Å²) in [4.78, 5) is 44.1. The van der Waals surface area contributed by atoms with Crippen LogP contribution in [0.3, 0.4) is 0 Å². The maximum Gasteiger partial charge on any atom is 0.325 e. The van der Waals surface area contributed by atoms with E-state index in [4.69, 9.17) is 4.74 Å². The molecule has 1 spiro atoms. The van der Waals surface area contributed by atoms with Gasteiger partial charge in [-0.2, -0.15) is 0 Å². The van der Waals surface area contributed by atoms with E-state index in [9.17, 15) is 14.4 Å². The van der Waals surface area contributed by atoms with E-state index in [0.29, 0.717) is 35.7 Å². The number of aromatic nitrogens is 2. The summed E-state index contributed by atoms with van der Waals surface area (Å²) in [6.45, 7) is 2.16. The number of fused-ring (bicyclic) bond motifs is 3. The fourth-order valence-corrected chi connectivity index (χ4v) is 4.01. The van der Waals surface area contributed by atoms with Crippen LogP contribution in [0.4, 0.5) is 4.79 Å². The fraction of sp³-hybridized carbons (Fsp3) is 0.238. The summed E-state index contributed by atoms with van der Waals surface area (Å²) in [6, 6.07) is 11.7. The Hall–Kier alpha value is -3.68. The number of hydrogen-bond acceptors (Lipinski definition) is 5. The zero-order valence-corrected chi connectivity index (χ0v) is 15.7. The largest absolute Gasteiger partial charge is 0.493 e. The van der Waals surface area contributed by atoms with E-state index >= 15 is 0 Å². The van der Waals surface area contributed by atoms with E-state index in [-0.39, 0.29) is 18.0 Å². The Labute approximate surface area is 165 Å². The molecule has 2 aromatic heterocycles. The minimum Gasteiger partial charge on any atom is -0.493 e. The van der Waals surface area contributed by atoms with Gasteiger partial charge in [0.25, 0.3) is 11.5 Å². The van der Waals surface area contributed by atoms with Gasteiger partial charge >= 0.3 is 6.03 Å². The smallest absolute Gasteiger partial charge is 0.325 e. The first-order valence-electron chi connectivity index (χ1n) is 9.33. The number of imide groups is 1. The maximum atomic E-state index is 13.3. The SMILES string of the molecule is Cc1ccn2c(=O)cc(CN3C(=O)N[C@]4(CCOc5ccccc54)C3=O)nc2c1. The average molecular weight is 390 g/mol. The highest BCUT2D eigenvalue weighted by atomic mass is 16.5. The Morgan fingerprint density at radius 1 is 1.17 bits per heavy atom. The van der Waals surface area contributed by atoms with Crippen LogP contribution in [0, 0.1) is 6.92 Å². The number of aryl methyl sites for hydroxylation is 1. The topological polar surface area (TPSA) is 93.0 Å². The first-order chi connectivity index (χ1) is 14.0. The molecule has 146 valence electrons. The van der Waals surface area contributed by atoms with Crippen molar-refractivity contribution in [1.82, 2.24) is 19.6 Å². The van der Waals surface area contributed by atoms with Gasteiger partial charge in [-0.15, -0.1) is 0 Å². The Kier molecular flexibility index (Phi) is 3.70. The minimum absolute atomic E-state index is 0.0743. The maximum absolute atomic E-state index is 13.3. The number of ether oxygens (including phenoxy) is 1. The molecule has 0 saturated carbocycles.